The van der Waals surface area contributed by atoms with Crippen molar-refractivity contribution in [2.75, 3.05) is 6.54 Å². The highest BCUT2D eigenvalue weighted by Gasteiger charge is 2.31. The van der Waals surface area contributed by atoms with Crippen LogP contribution in [0.1, 0.15) is 38.6 Å². The van der Waals surface area contributed by atoms with Gasteiger partial charge in [0.05, 0.1) is 6.04 Å². The van der Waals surface area contributed by atoms with Gasteiger partial charge in [0, 0.05) is 12.2 Å². The van der Waals surface area contributed by atoms with Gasteiger partial charge in [0.2, 0.25) is 0 Å². The molecule has 0 aromatic carbocycles. The zero-order chi connectivity index (χ0) is 11.8. The summed E-state index contributed by atoms with van der Waals surface area (Å²) in [6.07, 6.45) is 4.50. The molecule has 0 spiro atoms. The average Bonchev–Trinajstić information content (AvgIpc) is 2.94. The number of hydrogen-bond acceptors (Lipinski definition) is 3. The molecule has 90 valence electrons. The van der Waals surface area contributed by atoms with Crippen LogP contribution in [0.25, 0.3) is 5.65 Å². The van der Waals surface area contributed by atoms with E-state index in [1.165, 1.54) is 19.4 Å². The SMILES string of the molecule is CC(C)N1CCCC1c1nnc2ccccn12. The molecule has 0 aliphatic carbocycles. The van der Waals surface area contributed by atoms with Crippen LogP contribution in [0.5, 0.6) is 0 Å². The number of rotatable bonds is 2. The van der Waals surface area contributed by atoms with E-state index >= 15 is 0 Å². The first kappa shape index (κ1) is 10.7. The first-order valence-corrected chi connectivity index (χ1v) is 6.33. The fraction of sp³-hybridized carbons (Fsp3) is 0.538. The van der Waals surface area contributed by atoms with Crippen molar-refractivity contribution in [1.29, 1.82) is 0 Å². The Morgan fingerprint density at radius 1 is 1.29 bits per heavy atom. The highest BCUT2D eigenvalue weighted by Crippen LogP contribution is 2.32. The zero-order valence-electron chi connectivity index (χ0n) is 10.4. The minimum absolute atomic E-state index is 0.424. The van der Waals surface area contributed by atoms with Gasteiger partial charge in [-0.15, -0.1) is 10.2 Å². The highest BCUT2D eigenvalue weighted by atomic mass is 15.3. The summed E-state index contributed by atoms with van der Waals surface area (Å²) in [4.78, 5) is 2.52. The van der Waals surface area contributed by atoms with Crippen molar-refractivity contribution in [3.63, 3.8) is 0 Å². The second-order valence-corrected chi connectivity index (χ2v) is 4.98. The first-order valence-electron chi connectivity index (χ1n) is 6.33. The van der Waals surface area contributed by atoms with Gasteiger partial charge in [0.15, 0.2) is 11.5 Å². The molecule has 1 unspecified atom stereocenters. The highest BCUT2D eigenvalue weighted by molar-refractivity contribution is 5.37. The molecule has 4 heteroatoms. The Morgan fingerprint density at radius 2 is 2.18 bits per heavy atom. The van der Waals surface area contributed by atoms with Crippen molar-refractivity contribution in [3.8, 4) is 0 Å². The standard InChI is InChI=1S/C13H18N4/c1-10(2)16-9-5-6-11(16)13-15-14-12-7-3-4-8-17(12)13/h3-4,7-8,10-11H,5-6,9H2,1-2H3. The van der Waals surface area contributed by atoms with E-state index in [4.69, 9.17) is 0 Å². The van der Waals surface area contributed by atoms with Gasteiger partial charge in [-0.1, -0.05) is 6.07 Å². The maximum Gasteiger partial charge on any atom is 0.160 e. The quantitative estimate of drug-likeness (QED) is 0.793. The van der Waals surface area contributed by atoms with Gasteiger partial charge in [-0.2, -0.15) is 0 Å². The van der Waals surface area contributed by atoms with E-state index in [0.29, 0.717) is 12.1 Å². The fourth-order valence-corrected chi connectivity index (χ4v) is 2.77. The number of hydrogen-bond donors (Lipinski definition) is 0. The van der Waals surface area contributed by atoms with Crippen LogP contribution in [-0.2, 0) is 0 Å². The van der Waals surface area contributed by atoms with Gasteiger partial charge in [-0.3, -0.25) is 9.30 Å². The molecule has 0 bridgehead atoms. The van der Waals surface area contributed by atoms with Crippen molar-refractivity contribution in [3.05, 3.63) is 30.2 Å². The lowest BCUT2D eigenvalue weighted by atomic mass is 10.2. The van der Waals surface area contributed by atoms with Crippen LogP contribution < -0.4 is 0 Å². The Morgan fingerprint density at radius 3 is 3.00 bits per heavy atom. The third-order valence-corrected chi connectivity index (χ3v) is 3.60. The third kappa shape index (κ3) is 1.72. The minimum Gasteiger partial charge on any atom is -0.291 e. The zero-order valence-corrected chi connectivity index (χ0v) is 10.4. The maximum absolute atomic E-state index is 4.38. The molecule has 0 N–H and O–H groups in total. The molecule has 3 rings (SSSR count). The van der Waals surface area contributed by atoms with E-state index < -0.39 is 0 Å². The molecule has 1 saturated heterocycles. The molecule has 0 saturated carbocycles. The van der Waals surface area contributed by atoms with E-state index in [1.807, 2.05) is 18.2 Å². The van der Waals surface area contributed by atoms with Crippen molar-refractivity contribution in [2.24, 2.45) is 0 Å². The van der Waals surface area contributed by atoms with Crippen molar-refractivity contribution in [2.45, 2.75) is 38.8 Å². The summed E-state index contributed by atoms with van der Waals surface area (Å²) < 4.78 is 2.12. The fourth-order valence-electron chi connectivity index (χ4n) is 2.77. The van der Waals surface area contributed by atoms with Gasteiger partial charge in [-0.05, 0) is 45.4 Å². The van der Waals surface area contributed by atoms with Gasteiger partial charge in [0.25, 0.3) is 0 Å². The van der Waals surface area contributed by atoms with E-state index in [9.17, 15) is 0 Å². The third-order valence-electron chi connectivity index (χ3n) is 3.60. The largest absolute Gasteiger partial charge is 0.291 e. The predicted molar refractivity (Wildman–Crippen MR) is 66.8 cm³/mol. The first-order chi connectivity index (χ1) is 8.27. The van der Waals surface area contributed by atoms with Gasteiger partial charge < -0.3 is 0 Å². The van der Waals surface area contributed by atoms with Gasteiger partial charge >= 0.3 is 0 Å². The molecule has 0 radical (unpaired) electrons. The van der Waals surface area contributed by atoms with Crippen molar-refractivity contribution in [1.82, 2.24) is 19.5 Å². The number of aromatic nitrogens is 3. The predicted octanol–water partition coefficient (Wildman–Crippen LogP) is 2.27. The van der Waals surface area contributed by atoms with Crippen LogP contribution in [0.15, 0.2) is 24.4 Å². The summed E-state index contributed by atoms with van der Waals surface area (Å²) in [5, 5.41) is 8.62. The summed E-state index contributed by atoms with van der Waals surface area (Å²) in [6.45, 7) is 5.67. The van der Waals surface area contributed by atoms with Crippen LogP contribution in [0.2, 0.25) is 0 Å². The number of nitrogens with zero attached hydrogens (tertiary/aromatic N) is 4. The van der Waals surface area contributed by atoms with Crippen molar-refractivity contribution >= 4 is 5.65 Å². The molecule has 2 aromatic rings. The Kier molecular flexibility index (Phi) is 2.59. The summed E-state index contributed by atoms with van der Waals surface area (Å²) in [6, 6.07) is 7.04. The second-order valence-electron chi connectivity index (χ2n) is 4.98. The summed E-state index contributed by atoms with van der Waals surface area (Å²) in [5.74, 6) is 1.09. The topological polar surface area (TPSA) is 33.4 Å². The van der Waals surface area contributed by atoms with Crippen LogP contribution in [-0.4, -0.2) is 32.1 Å². The van der Waals surface area contributed by atoms with E-state index in [-0.39, 0.29) is 0 Å². The van der Waals surface area contributed by atoms with Crippen LogP contribution >= 0.6 is 0 Å². The van der Waals surface area contributed by atoms with E-state index in [2.05, 4.69) is 39.5 Å². The normalized spacial score (nSPS) is 21.7. The molecule has 17 heavy (non-hydrogen) atoms. The molecule has 1 atom stereocenters. The Hall–Kier alpha value is -1.42. The van der Waals surface area contributed by atoms with Gasteiger partial charge in [-0.25, -0.2) is 0 Å². The molecule has 0 amide bonds. The monoisotopic (exact) mass is 230 g/mol. The molecule has 4 nitrogen and oxygen atoms in total. The molecule has 1 fully saturated rings. The van der Waals surface area contributed by atoms with E-state index in [1.54, 1.807) is 0 Å². The molecular weight excluding hydrogens is 212 g/mol. The second kappa shape index (κ2) is 4.11. The van der Waals surface area contributed by atoms with Gasteiger partial charge in [0.1, 0.15) is 0 Å². The Labute approximate surface area is 101 Å². The Bertz CT molecular complexity index is 517. The van der Waals surface area contributed by atoms with Crippen LogP contribution in [0, 0.1) is 0 Å². The summed E-state index contributed by atoms with van der Waals surface area (Å²) in [5.41, 5.74) is 0.943. The van der Waals surface area contributed by atoms with Crippen LogP contribution in [0.4, 0.5) is 0 Å². The smallest absolute Gasteiger partial charge is 0.160 e. The molecule has 1 aliphatic heterocycles. The van der Waals surface area contributed by atoms with Crippen molar-refractivity contribution < 1.29 is 0 Å². The van der Waals surface area contributed by atoms with E-state index in [0.717, 1.165) is 11.5 Å². The average molecular weight is 230 g/mol. The lowest BCUT2D eigenvalue weighted by Crippen LogP contribution is -2.31. The minimum atomic E-state index is 0.424. The van der Waals surface area contributed by atoms with Crippen LogP contribution in [0.3, 0.4) is 0 Å². The lowest BCUT2D eigenvalue weighted by molar-refractivity contribution is 0.197. The number of fused-ring (bicyclic) bond motifs is 1. The molecular formula is C13H18N4. The lowest BCUT2D eigenvalue weighted by Gasteiger charge is -2.26. The summed E-state index contributed by atoms with van der Waals surface area (Å²) in [7, 11) is 0. The molecule has 3 heterocycles. The maximum atomic E-state index is 4.38. The Balaban J connectivity index is 2.03. The number of pyridine rings is 1. The molecule has 1 aliphatic rings. The summed E-state index contributed by atoms with van der Waals surface area (Å²) >= 11 is 0. The number of likely N-dealkylation sites (tertiary alicyclic amines) is 1. The molecule has 2 aromatic heterocycles.